The van der Waals surface area contributed by atoms with Gasteiger partial charge < -0.3 is 10.1 Å². The molecular formula is C11H17NO3S. The van der Waals surface area contributed by atoms with Crippen LogP contribution in [-0.2, 0) is 14.3 Å². The van der Waals surface area contributed by atoms with Gasteiger partial charge in [0.25, 0.3) is 0 Å². The van der Waals surface area contributed by atoms with Crippen LogP contribution in [0.5, 0.6) is 0 Å². The Bertz CT molecular complexity index is 308. The molecule has 1 heterocycles. The fourth-order valence-electron chi connectivity index (χ4n) is 2.52. The third-order valence-electron chi connectivity index (χ3n) is 3.24. The molecule has 0 radical (unpaired) electrons. The molecule has 1 saturated carbocycles. The van der Waals surface area contributed by atoms with Crippen molar-refractivity contribution in [3.63, 3.8) is 0 Å². The van der Waals surface area contributed by atoms with Gasteiger partial charge in [-0.25, -0.2) is 0 Å². The topological polar surface area (TPSA) is 55.4 Å². The predicted octanol–water partition coefficient (Wildman–Crippen LogP) is 1.30. The van der Waals surface area contributed by atoms with Gasteiger partial charge in [0.05, 0.1) is 23.1 Å². The lowest BCUT2D eigenvalue weighted by molar-refractivity contribution is -0.150. The molecule has 1 saturated heterocycles. The van der Waals surface area contributed by atoms with Crippen molar-refractivity contribution in [2.75, 3.05) is 12.4 Å². The summed E-state index contributed by atoms with van der Waals surface area (Å²) in [5.41, 5.74) is 0. The zero-order valence-electron chi connectivity index (χ0n) is 9.45. The van der Waals surface area contributed by atoms with Crippen LogP contribution < -0.4 is 5.32 Å². The molecule has 2 atom stereocenters. The highest BCUT2D eigenvalue weighted by Gasteiger charge is 2.50. The van der Waals surface area contributed by atoms with Crippen LogP contribution in [-0.4, -0.2) is 29.1 Å². The molecule has 1 spiro atoms. The summed E-state index contributed by atoms with van der Waals surface area (Å²) in [5.74, 6) is 0.186. The average Bonchev–Trinajstić information content (AvgIpc) is 2.61. The summed E-state index contributed by atoms with van der Waals surface area (Å²) in [7, 11) is 0. The summed E-state index contributed by atoms with van der Waals surface area (Å²) in [4.78, 5) is 22.9. The fourth-order valence-corrected chi connectivity index (χ4v) is 3.87. The number of amides is 1. The van der Waals surface area contributed by atoms with Gasteiger partial charge in [-0.3, -0.25) is 9.59 Å². The van der Waals surface area contributed by atoms with Gasteiger partial charge in [-0.05, 0) is 19.8 Å². The van der Waals surface area contributed by atoms with E-state index in [1.165, 1.54) is 0 Å². The van der Waals surface area contributed by atoms with Crippen LogP contribution >= 0.6 is 11.8 Å². The van der Waals surface area contributed by atoms with Crippen molar-refractivity contribution in [2.45, 2.75) is 37.5 Å². The molecule has 4 nitrogen and oxygen atoms in total. The van der Waals surface area contributed by atoms with E-state index < -0.39 is 0 Å². The lowest BCUT2D eigenvalue weighted by Crippen LogP contribution is -2.51. The number of hydrogen-bond acceptors (Lipinski definition) is 4. The minimum Gasteiger partial charge on any atom is -0.466 e. The molecule has 1 aliphatic heterocycles. The minimum absolute atomic E-state index is 0.0428. The highest BCUT2D eigenvalue weighted by Crippen LogP contribution is 2.45. The van der Waals surface area contributed by atoms with Gasteiger partial charge in [0.2, 0.25) is 5.91 Å². The van der Waals surface area contributed by atoms with Crippen LogP contribution in [0.4, 0.5) is 0 Å². The van der Waals surface area contributed by atoms with Gasteiger partial charge in [-0.2, -0.15) is 0 Å². The molecule has 0 bridgehead atoms. The van der Waals surface area contributed by atoms with Crippen LogP contribution in [0.25, 0.3) is 0 Å². The number of rotatable bonds is 2. The van der Waals surface area contributed by atoms with E-state index in [1.54, 1.807) is 11.8 Å². The standard InChI is InChI=1S/C11H17NO3S/c1-2-15-10(14)8-5-3-4-6-11(8)12-9(13)7-16-11/h8H,2-7H2,1H3,(H,12,13)/t8-,11-/m0/s1. The van der Waals surface area contributed by atoms with E-state index in [9.17, 15) is 9.59 Å². The molecule has 5 heteroatoms. The van der Waals surface area contributed by atoms with Gasteiger partial charge in [0, 0.05) is 0 Å². The quantitative estimate of drug-likeness (QED) is 0.743. The third kappa shape index (κ3) is 2.05. The second-order valence-corrected chi connectivity index (χ2v) is 5.58. The van der Waals surface area contributed by atoms with Crippen LogP contribution in [0.2, 0.25) is 0 Å². The maximum Gasteiger partial charge on any atom is 0.312 e. The van der Waals surface area contributed by atoms with Gasteiger partial charge >= 0.3 is 5.97 Å². The Morgan fingerprint density at radius 2 is 2.44 bits per heavy atom. The normalized spacial score (nSPS) is 33.8. The Morgan fingerprint density at radius 3 is 3.06 bits per heavy atom. The first-order valence-corrected chi connectivity index (χ1v) is 6.78. The van der Waals surface area contributed by atoms with Crippen molar-refractivity contribution in [3.8, 4) is 0 Å². The number of ether oxygens (including phenoxy) is 1. The van der Waals surface area contributed by atoms with Crippen molar-refractivity contribution >= 4 is 23.6 Å². The second kappa shape index (κ2) is 4.65. The Hall–Kier alpha value is -0.710. The molecule has 0 unspecified atom stereocenters. The molecular weight excluding hydrogens is 226 g/mol. The maximum atomic E-state index is 11.9. The molecule has 90 valence electrons. The zero-order chi connectivity index (χ0) is 11.6. The SMILES string of the molecule is CCOC(=O)[C@@H]1CCCC[C@@]12NC(=O)CS2. The number of carbonyl (C=O) groups is 2. The fraction of sp³-hybridized carbons (Fsp3) is 0.818. The Balaban J connectivity index is 2.13. The number of esters is 1. The zero-order valence-corrected chi connectivity index (χ0v) is 10.3. The van der Waals surface area contributed by atoms with Gasteiger partial charge in [0.1, 0.15) is 0 Å². The molecule has 0 aromatic carbocycles. The summed E-state index contributed by atoms with van der Waals surface area (Å²) >= 11 is 1.57. The third-order valence-corrected chi connectivity index (χ3v) is 4.75. The van der Waals surface area contributed by atoms with Crippen LogP contribution in [0.15, 0.2) is 0 Å². The number of hydrogen-bond donors (Lipinski definition) is 1. The van der Waals surface area contributed by atoms with Crippen LogP contribution in [0.1, 0.15) is 32.6 Å². The van der Waals surface area contributed by atoms with Crippen LogP contribution in [0, 0.1) is 5.92 Å². The highest BCUT2D eigenvalue weighted by atomic mass is 32.2. The molecule has 2 rings (SSSR count). The number of thioether (sulfide) groups is 1. The Kier molecular flexibility index (Phi) is 3.42. The summed E-state index contributed by atoms with van der Waals surface area (Å²) in [6.45, 7) is 2.22. The van der Waals surface area contributed by atoms with Gasteiger partial charge in [-0.1, -0.05) is 12.8 Å². The molecule has 1 amide bonds. The van der Waals surface area contributed by atoms with E-state index in [0.717, 1.165) is 25.7 Å². The van der Waals surface area contributed by atoms with E-state index in [4.69, 9.17) is 4.74 Å². The first kappa shape index (κ1) is 11.8. The molecule has 16 heavy (non-hydrogen) atoms. The maximum absolute atomic E-state index is 11.9. The van der Waals surface area contributed by atoms with E-state index >= 15 is 0 Å². The van der Waals surface area contributed by atoms with Crippen molar-refractivity contribution in [2.24, 2.45) is 5.92 Å². The first-order valence-electron chi connectivity index (χ1n) is 5.79. The summed E-state index contributed by atoms with van der Waals surface area (Å²) in [6, 6.07) is 0. The van der Waals surface area contributed by atoms with E-state index in [-0.39, 0.29) is 22.7 Å². The first-order chi connectivity index (χ1) is 7.68. The summed E-state index contributed by atoms with van der Waals surface area (Å²) in [5, 5.41) is 2.98. The van der Waals surface area contributed by atoms with Crippen molar-refractivity contribution in [1.29, 1.82) is 0 Å². The van der Waals surface area contributed by atoms with Crippen molar-refractivity contribution < 1.29 is 14.3 Å². The molecule has 0 aromatic heterocycles. The predicted molar refractivity (Wildman–Crippen MR) is 61.9 cm³/mol. The van der Waals surface area contributed by atoms with E-state index in [2.05, 4.69) is 5.32 Å². The van der Waals surface area contributed by atoms with E-state index in [1.807, 2.05) is 6.92 Å². The summed E-state index contributed by atoms with van der Waals surface area (Å²) < 4.78 is 5.10. The van der Waals surface area contributed by atoms with E-state index in [0.29, 0.717) is 12.4 Å². The lowest BCUT2D eigenvalue weighted by Gasteiger charge is -2.38. The number of nitrogens with one attached hydrogen (secondary N) is 1. The second-order valence-electron chi connectivity index (χ2n) is 4.28. The minimum atomic E-state index is -0.373. The van der Waals surface area contributed by atoms with Crippen LogP contribution in [0.3, 0.4) is 0 Å². The van der Waals surface area contributed by atoms with Gasteiger partial charge in [0.15, 0.2) is 0 Å². The lowest BCUT2D eigenvalue weighted by atomic mass is 9.83. The largest absolute Gasteiger partial charge is 0.466 e. The van der Waals surface area contributed by atoms with Crippen molar-refractivity contribution in [1.82, 2.24) is 5.32 Å². The van der Waals surface area contributed by atoms with Crippen molar-refractivity contribution in [3.05, 3.63) is 0 Å². The van der Waals surface area contributed by atoms with Gasteiger partial charge in [-0.15, -0.1) is 11.8 Å². The molecule has 2 fully saturated rings. The monoisotopic (exact) mass is 243 g/mol. The number of carbonyl (C=O) groups excluding carboxylic acids is 2. The summed E-state index contributed by atoms with van der Waals surface area (Å²) in [6.07, 6.45) is 3.82. The Morgan fingerprint density at radius 1 is 1.62 bits per heavy atom. The average molecular weight is 243 g/mol. The molecule has 1 N–H and O–H groups in total. The Labute approximate surface area is 99.5 Å². The molecule has 1 aliphatic carbocycles. The molecule has 2 aliphatic rings. The smallest absolute Gasteiger partial charge is 0.312 e. The molecule has 0 aromatic rings. The highest BCUT2D eigenvalue weighted by molar-refractivity contribution is 8.01.